The van der Waals surface area contributed by atoms with E-state index in [9.17, 15) is 5.26 Å². The molecule has 1 aliphatic rings. The van der Waals surface area contributed by atoms with Crippen molar-refractivity contribution in [3.8, 4) is 6.07 Å². The molecule has 0 heterocycles. The third-order valence-corrected chi connectivity index (χ3v) is 9.31. The van der Waals surface area contributed by atoms with Gasteiger partial charge in [-0.25, -0.2) is 4.39 Å². The number of nitrogens with zero attached hydrogens (tertiary/aromatic N) is 2. The van der Waals surface area contributed by atoms with Crippen molar-refractivity contribution in [3.05, 3.63) is 161 Å². The minimum absolute atomic E-state index is 0.0682. The Morgan fingerprint density at radius 3 is 2.18 bits per heavy atom. The van der Waals surface area contributed by atoms with Crippen LogP contribution in [0.5, 0.6) is 0 Å². The zero-order chi connectivity index (χ0) is 30.7. The second kappa shape index (κ2) is 10.2. The summed E-state index contributed by atoms with van der Waals surface area (Å²) in [6, 6.07) is 44.4. The predicted octanol–water partition coefficient (Wildman–Crippen LogP) is 11.4. The molecule has 0 unspecified atom stereocenters. The van der Waals surface area contributed by atoms with Crippen LogP contribution in [0.4, 0.5) is 21.5 Å². The molecule has 1 aliphatic carbocycles. The fourth-order valence-electron chi connectivity index (χ4n) is 7.08. The molecule has 45 heavy (non-hydrogen) atoms. The maximum atomic E-state index is 15.3. The van der Waals surface area contributed by atoms with E-state index in [-0.39, 0.29) is 11.2 Å². The summed E-state index contributed by atoms with van der Waals surface area (Å²) in [5, 5.41) is 16.8. The fourth-order valence-corrected chi connectivity index (χ4v) is 7.08. The second-order valence-corrected chi connectivity index (χ2v) is 12.3. The molecular formula is C42H29FN2. The molecule has 0 bridgehead atoms. The Hall–Kier alpha value is -5.72. The lowest BCUT2D eigenvalue weighted by Crippen LogP contribution is -2.15. The third-order valence-electron chi connectivity index (χ3n) is 9.31. The lowest BCUT2D eigenvalue weighted by atomic mass is 9.81. The first-order chi connectivity index (χ1) is 21.9. The van der Waals surface area contributed by atoms with E-state index >= 15 is 4.39 Å². The van der Waals surface area contributed by atoms with Gasteiger partial charge in [0.15, 0.2) is 0 Å². The highest BCUT2D eigenvalue weighted by atomic mass is 19.1. The molecule has 2 nitrogen and oxygen atoms in total. The van der Waals surface area contributed by atoms with Crippen LogP contribution in [0.2, 0.25) is 0 Å². The highest BCUT2D eigenvalue weighted by Gasteiger charge is 2.33. The molecule has 0 spiro atoms. The second-order valence-electron chi connectivity index (χ2n) is 12.3. The molecule has 0 atom stereocenters. The molecule has 0 saturated heterocycles. The van der Waals surface area contributed by atoms with Gasteiger partial charge in [0, 0.05) is 16.5 Å². The van der Waals surface area contributed by atoms with Crippen molar-refractivity contribution in [2.24, 2.45) is 0 Å². The van der Waals surface area contributed by atoms with Crippen LogP contribution in [0.1, 0.15) is 41.7 Å². The SMILES string of the molecule is CC1(C)c2cccc3ccc4cc(/C=C/c5ccc(N(c6ccc(C#N)cc6)c6ccccc6F)c6ccccc56)cc1c4c23. The maximum Gasteiger partial charge on any atom is 0.147 e. The molecule has 0 N–H and O–H groups in total. The lowest BCUT2D eigenvalue weighted by molar-refractivity contribution is 0.629. The highest BCUT2D eigenvalue weighted by Crippen LogP contribution is 2.49. The van der Waals surface area contributed by atoms with Gasteiger partial charge < -0.3 is 4.90 Å². The monoisotopic (exact) mass is 580 g/mol. The van der Waals surface area contributed by atoms with Crippen LogP contribution in [0.3, 0.4) is 0 Å². The summed E-state index contributed by atoms with van der Waals surface area (Å²) in [5.41, 5.74) is 7.58. The van der Waals surface area contributed by atoms with Gasteiger partial charge >= 0.3 is 0 Å². The average Bonchev–Trinajstić information content (AvgIpc) is 3.31. The summed E-state index contributed by atoms with van der Waals surface area (Å²) in [4.78, 5) is 1.93. The number of halogens is 1. The molecule has 7 aromatic rings. The first-order valence-electron chi connectivity index (χ1n) is 15.2. The number of benzene rings is 7. The van der Waals surface area contributed by atoms with Crippen LogP contribution >= 0.6 is 0 Å². The summed E-state index contributed by atoms with van der Waals surface area (Å²) < 4.78 is 15.3. The normalized spacial score (nSPS) is 13.3. The van der Waals surface area contributed by atoms with Gasteiger partial charge in [-0.3, -0.25) is 0 Å². The Bertz CT molecular complexity index is 2380. The smallest absolute Gasteiger partial charge is 0.147 e. The molecule has 0 radical (unpaired) electrons. The maximum absolute atomic E-state index is 15.3. The minimum atomic E-state index is -0.318. The van der Waals surface area contributed by atoms with Crippen molar-refractivity contribution >= 4 is 61.5 Å². The van der Waals surface area contributed by atoms with Gasteiger partial charge in [0.2, 0.25) is 0 Å². The van der Waals surface area contributed by atoms with Crippen LogP contribution < -0.4 is 4.90 Å². The van der Waals surface area contributed by atoms with Gasteiger partial charge in [-0.2, -0.15) is 5.26 Å². The number of anilines is 3. The van der Waals surface area contributed by atoms with Crippen LogP contribution in [-0.4, -0.2) is 0 Å². The molecule has 214 valence electrons. The number of nitriles is 1. The highest BCUT2D eigenvalue weighted by molar-refractivity contribution is 6.15. The molecule has 0 amide bonds. The number of hydrogen-bond donors (Lipinski definition) is 0. The Morgan fingerprint density at radius 2 is 1.38 bits per heavy atom. The van der Waals surface area contributed by atoms with E-state index in [0.29, 0.717) is 11.3 Å². The molecular weight excluding hydrogens is 551 g/mol. The van der Waals surface area contributed by atoms with Gasteiger partial charge in [0.25, 0.3) is 0 Å². The van der Waals surface area contributed by atoms with Crippen molar-refractivity contribution < 1.29 is 4.39 Å². The van der Waals surface area contributed by atoms with E-state index in [1.807, 2.05) is 35.2 Å². The van der Waals surface area contributed by atoms with E-state index in [2.05, 4.69) is 98.8 Å². The minimum Gasteiger partial charge on any atom is -0.307 e. The Kier molecular flexibility index (Phi) is 6.08. The first kappa shape index (κ1) is 26.9. The molecule has 8 rings (SSSR count). The largest absolute Gasteiger partial charge is 0.307 e. The third kappa shape index (κ3) is 4.22. The number of hydrogen-bond acceptors (Lipinski definition) is 2. The fraction of sp³-hybridized carbons (Fsp3) is 0.0714. The van der Waals surface area contributed by atoms with E-state index in [0.717, 1.165) is 33.3 Å². The molecule has 7 aromatic carbocycles. The Labute approximate surface area is 261 Å². The molecule has 0 aromatic heterocycles. The van der Waals surface area contributed by atoms with E-state index in [1.54, 1.807) is 24.3 Å². The van der Waals surface area contributed by atoms with Gasteiger partial charge in [-0.15, -0.1) is 0 Å². The van der Waals surface area contributed by atoms with Crippen molar-refractivity contribution in [2.75, 3.05) is 4.90 Å². The quantitative estimate of drug-likeness (QED) is 0.150. The zero-order valence-electron chi connectivity index (χ0n) is 25.1. The van der Waals surface area contributed by atoms with Gasteiger partial charge in [-0.1, -0.05) is 105 Å². The Balaban J connectivity index is 1.25. The molecule has 0 saturated carbocycles. The number of rotatable bonds is 5. The first-order valence-corrected chi connectivity index (χ1v) is 15.2. The van der Waals surface area contributed by atoms with Crippen molar-refractivity contribution in [3.63, 3.8) is 0 Å². The van der Waals surface area contributed by atoms with Gasteiger partial charge in [0.05, 0.1) is 23.0 Å². The summed E-state index contributed by atoms with van der Waals surface area (Å²) in [6.45, 7) is 4.65. The molecule has 3 heteroatoms. The predicted molar refractivity (Wildman–Crippen MR) is 186 cm³/mol. The van der Waals surface area contributed by atoms with E-state index in [4.69, 9.17) is 0 Å². The van der Waals surface area contributed by atoms with Crippen molar-refractivity contribution in [1.29, 1.82) is 5.26 Å². The topological polar surface area (TPSA) is 27.0 Å². The number of para-hydroxylation sites is 1. The number of fused-ring (bicyclic) bond motifs is 1. The molecule has 0 aliphatic heterocycles. The van der Waals surface area contributed by atoms with Crippen molar-refractivity contribution in [1.82, 2.24) is 0 Å². The molecule has 0 fully saturated rings. The Morgan fingerprint density at radius 1 is 0.644 bits per heavy atom. The van der Waals surface area contributed by atoms with Crippen LogP contribution in [-0.2, 0) is 5.41 Å². The van der Waals surface area contributed by atoms with Gasteiger partial charge in [0.1, 0.15) is 5.82 Å². The van der Waals surface area contributed by atoms with E-state index in [1.165, 1.54) is 38.7 Å². The average molecular weight is 581 g/mol. The van der Waals surface area contributed by atoms with Crippen molar-refractivity contribution in [2.45, 2.75) is 19.3 Å². The van der Waals surface area contributed by atoms with Crippen LogP contribution in [0.15, 0.2) is 127 Å². The summed E-state index contributed by atoms with van der Waals surface area (Å²) in [6.07, 6.45) is 4.39. The van der Waals surface area contributed by atoms with E-state index < -0.39 is 0 Å². The lowest BCUT2D eigenvalue weighted by Gasteiger charge is -2.27. The summed E-state index contributed by atoms with van der Waals surface area (Å²) in [5.74, 6) is -0.318. The van der Waals surface area contributed by atoms with Crippen LogP contribution in [0.25, 0.3) is 44.5 Å². The van der Waals surface area contributed by atoms with Crippen LogP contribution in [0, 0.1) is 17.1 Å². The zero-order valence-corrected chi connectivity index (χ0v) is 25.1. The van der Waals surface area contributed by atoms with Gasteiger partial charge in [-0.05, 0) is 97.7 Å². The summed E-state index contributed by atoms with van der Waals surface area (Å²) in [7, 11) is 0. The standard InChI is InChI=1S/C42H29FN2/c1-42(2)35-11-7-8-30-18-19-31-24-28(25-36(42)41(31)40(30)35)14-17-29-20-23-38(34-10-4-3-9-33(29)34)45(39-13-6-5-12-37(39)43)32-21-15-27(26-44)16-22-32/h3-25H,1-2H3/b17-14+. The summed E-state index contributed by atoms with van der Waals surface area (Å²) >= 11 is 0.